The second-order valence-electron chi connectivity index (χ2n) is 5.92. The predicted octanol–water partition coefficient (Wildman–Crippen LogP) is 0.516. The van der Waals surface area contributed by atoms with Gasteiger partial charge in [0.15, 0.2) is 5.13 Å². The van der Waals surface area contributed by atoms with E-state index < -0.39 is 0 Å². The first-order chi connectivity index (χ1) is 10.1. The van der Waals surface area contributed by atoms with Crippen LogP contribution in [0.5, 0.6) is 0 Å². The molecule has 2 amide bonds. The molecule has 0 aliphatic carbocycles. The second kappa shape index (κ2) is 5.63. The average molecular weight is 308 g/mol. The molecule has 7 heteroatoms. The molecular weight excluding hydrogens is 288 g/mol. The van der Waals surface area contributed by atoms with E-state index in [0.717, 1.165) is 24.6 Å². The molecule has 1 aromatic heterocycles. The Kier molecular flexibility index (Phi) is 3.84. The molecule has 2 fully saturated rings. The number of anilines is 1. The number of piperidine rings is 1. The summed E-state index contributed by atoms with van der Waals surface area (Å²) in [6.07, 6.45) is 2.77. The average Bonchev–Trinajstić information content (AvgIpc) is 3.09. The van der Waals surface area contributed by atoms with Crippen molar-refractivity contribution in [1.29, 1.82) is 0 Å². The van der Waals surface area contributed by atoms with Crippen LogP contribution in [0.4, 0.5) is 5.13 Å². The van der Waals surface area contributed by atoms with E-state index in [9.17, 15) is 9.59 Å². The van der Waals surface area contributed by atoms with E-state index in [1.807, 2.05) is 5.38 Å². The minimum Gasteiger partial charge on any atom is -0.347 e. The third kappa shape index (κ3) is 2.74. The van der Waals surface area contributed by atoms with Crippen LogP contribution in [0, 0.1) is 11.8 Å². The fourth-order valence-electron chi connectivity index (χ4n) is 3.10. The van der Waals surface area contributed by atoms with Gasteiger partial charge in [-0.15, -0.1) is 11.3 Å². The van der Waals surface area contributed by atoms with Crippen LogP contribution in [0.15, 0.2) is 11.6 Å². The van der Waals surface area contributed by atoms with Crippen molar-refractivity contribution < 1.29 is 9.59 Å². The van der Waals surface area contributed by atoms with Crippen molar-refractivity contribution in [2.45, 2.75) is 6.42 Å². The quantitative estimate of drug-likeness (QED) is 0.817. The molecule has 0 aromatic carbocycles. The van der Waals surface area contributed by atoms with Crippen molar-refractivity contribution >= 4 is 28.3 Å². The number of likely N-dealkylation sites (N-methyl/N-ethyl adjacent to an activating group) is 1. The number of fused-ring (bicyclic) bond motifs is 1. The zero-order valence-corrected chi connectivity index (χ0v) is 13.2. The summed E-state index contributed by atoms with van der Waals surface area (Å²) in [6, 6.07) is 0. The van der Waals surface area contributed by atoms with Crippen LogP contribution in [-0.2, 0) is 9.59 Å². The molecule has 0 bridgehead atoms. The number of carbonyl (C=O) groups excluding carboxylic acids is 2. The van der Waals surface area contributed by atoms with Crippen molar-refractivity contribution in [2.24, 2.45) is 11.8 Å². The van der Waals surface area contributed by atoms with Gasteiger partial charge in [0.05, 0.1) is 12.5 Å². The molecule has 2 aliphatic rings. The Morgan fingerprint density at radius 3 is 2.95 bits per heavy atom. The largest absolute Gasteiger partial charge is 0.347 e. The number of nitrogens with zero attached hydrogens (tertiary/aromatic N) is 4. The Hall–Kier alpha value is -1.63. The molecule has 2 aliphatic heterocycles. The van der Waals surface area contributed by atoms with E-state index in [1.54, 1.807) is 36.5 Å². The standard InChI is InChI=1S/C14H20N4O2S/c1-16(2)12(19)9-17-5-3-10-7-18(8-11(10)13(17)20)14-15-4-6-21-14/h4,6,10-11H,3,5,7-9H2,1-2H3/t10-,11+/m1/s1. The molecule has 2 saturated heterocycles. The SMILES string of the molecule is CN(C)C(=O)CN1CC[C@@H]2CN(c3nccs3)C[C@@H]2C1=O. The zero-order valence-electron chi connectivity index (χ0n) is 12.4. The monoisotopic (exact) mass is 308 g/mol. The summed E-state index contributed by atoms with van der Waals surface area (Å²) in [5, 5.41) is 2.95. The van der Waals surface area contributed by atoms with E-state index in [1.165, 1.54) is 4.90 Å². The third-order valence-electron chi connectivity index (χ3n) is 4.35. The van der Waals surface area contributed by atoms with Gasteiger partial charge in [0, 0.05) is 45.3 Å². The Bertz CT molecular complexity index is 531. The molecular formula is C14H20N4O2S. The van der Waals surface area contributed by atoms with Crippen LogP contribution < -0.4 is 4.90 Å². The Morgan fingerprint density at radius 2 is 2.29 bits per heavy atom. The highest BCUT2D eigenvalue weighted by Crippen LogP contribution is 2.35. The van der Waals surface area contributed by atoms with E-state index in [4.69, 9.17) is 0 Å². The Morgan fingerprint density at radius 1 is 1.48 bits per heavy atom. The van der Waals surface area contributed by atoms with Gasteiger partial charge in [-0.05, 0) is 12.3 Å². The molecule has 21 heavy (non-hydrogen) atoms. The van der Waals surface area contributed by atoms with Crippen LogP contribution in [0.2, 0.25) is 0 Å². The smallest absolute Gasteiger partial charge is 0.241 e. The number of hydrogen-bond donors (Lipinski definition) is 0. The maximum atomic E-state index is 12.6. The molecule has 0 saturated carbocycles. The van der Waals surface area contributed by atoms with E-state index in [-0.39, 0.29) is 24.3 Å². The molecule has 3 rings (SSSR count). The van der Waals surface area contributed by atoms with Gasteiger partial charge in [-0.3, -0.25) is 9.59 Å². The number of thiazole rings is 1. The van der Waals surface area contributed by atoms with Crippen LogP contribution in [0.3, 0.4) is 0 Å². The van der Waals surface area contributed by atoms with Crippen molar-refractivity contribution in [3.63, 3.8) is 0 Å². The molecule has 114 valence electrons. The van der Waals surface area contributed by atoms with Gasteiger partial charge in [0.25, 0.3) is 0 Å². The summed E-state index contributed by atoms with van der Waals surface area (Å²) < 4.78 is 0. The van der Waals surface area contributed by atoms with Gasteiger partial charge in [0.1, 0.15) is 0 Å². The first-order valence-corrected chi connectivity index (χ1v) is 8.07. The van der Waals surface area contributed by atoms with Crippen molar-refractivity contribution in [2.75, 3.05) is 45.2 Å². The lowest BCUT2D eigenvalue weighted by atomic mass is 9.88. The zero-order chi connectivity index (χ0) is 15.0. The summed E-state index contributed by atoms with van der Waals surface area (Å²) in [5.41, 5.74) is 0. The fraction of sp³-hybridized carbons (Fsp3) is 0.643. The molecule has 0 N–H and O–H groups in total. The lowest BCUT2D eigenvalue weighted by Crippen LogP contribution is -2.49. The highest BCUT2D eigenvalue weighted by atomic mass is 32.1. The van der Waals surface area contributed by atoms with Crippen LogP contribution in [0.25, 0.3) is 0 Å². The molecule has 6 nitrogen and oxygen atoms in total. The van der Waals surface area contributed by atoms with Crippen LogP contribution in [0.1, 0.15) is 6.42 Å². The third-order valence-corrected chi connectivity index (χ3v) is 5.19. The highest BCUT2D eigenvalue weighted by molar-refractivity contribution is 7.13. The number of aromatic nitrogens is 1. The number of carbonyl (C=O) groups is 2. The van der Waals surface area contributed by atoms with Gasteiger partial charge >= 0.3 is 0 Å². The number of likely N-dealkylation sites (tertiary alicyclic amines) is 1. The van der Waals surface area contributed by atoms with E-state index >= 15 is 0 Å². The molecule has 0 spiro atoms. The van der Waals surface area contributed by atoms with E-state index in [0.29, 0.717) is 12.5 Å². The molecule has 0 radical (unpaired) electrons. The van der Waals surface area contributed by atoms with Crippen LogP contribution >= 0.6 is 11.3 Å². The number of hydrogen-bond acceptors (Lipinski definition) is 5. The maximum absolute atomic E-state index is 12.6. The first-order valence-electron chi connectivity index (χ1n) is 7.19. The van der Waals surface area contributed by atoms with Crippen molar-refractivity contribution in [3.05, 3.63) is 11.6 Å². The molecule has 1 aromatic rings. The van der Waals surface area contributed by atoms with Crippen molar-refractivity contribution in [1.82, 2.24) is 14.8 Å². The first kappa shape index (κ1) is 14.3. The summed E-state index contributed by atoms with van der Waals surface area (Å²) in [6.45, 7) is 2.51. The maximum Gasteiger partial charge on any atom is 0.241 e. The number of rotatable bonds is 3. The lowest BCUT2D eigenvalue weighted by Gasteiger charge is -2.33. The summed E-state index contributed by atoms with van der Waals surface area (Å²) in [7, 11) is 3.44. The summed E-state index contributed by atoms with van der Waals surface area (Å²) in [5.74, 6) is 0.516. The van der Waals surface area contributed by atoms with Gasteiger partial charge in [-0.2, -0.15) is 0 Å². The topological polar surface area (TPSA) is 56.8 Å². The summed E-state index contributed by atoms with van der Waals surface area (Å²) in [4.78, 5) is 34.2. The Balaban J connectivity index is 1.66. The summed E-state index contributed by atoms with van der Waals surface area (Å²) >= 11 is 1.61. The molecule has 2 atom stereocenters. The minimum absolute atomic E-state index is 0.0117. The van der Waals surface area contributed by atoms with Gasteiger partial charge in [0.2, 0.25) is 11.8 Å². The van der Waals surface area contributed by atoms with Gasteiger partial charge < -0.3 is 14.7 Å². The fourth-order valence-corrected chi connectivity index (χ4v) is 3.76. The molecule has 3 heterocycles. The van der Waals surface area contributed by atoms with Crippen LogP contribution in [-0.4, -0.2) is 66.9 Å². The predicted molar refractivity (Wildman–Crippen MR) is 81.2 cm³/mol. The van der Waals surface area contributed by atoms with E-state index in [2.05, 4.69) is 9.88 Å². The highest BCUT2D eigenvalue weighted by Gasteiger charge is 2.43. The second-order valence-corrected chi connectivity index (χ2v) is 6.80. The number of amides is 2. The minimum atomic E-state index is -0.0171. The molecule has 0 unspecified atom stereocenters. The lowest BCUT2D eigenvalue weighted by molar-refractivity contribution is -0.145. The van der Waals surface area contributed by atoms with Gasteiger partial charge in [-0.1, -0.05) is 0 Å². The normalized spacial score (nSPS) is 25.1. The van der Waals surface area contributed by atoms with Crippen molar-refractivity contribution in [3.8, 4) is 0 Å². The van der Waals surface area contributed by atoms with Gasteiger partial charge in [-0.25, -0.2) is 4.98 Å². The Labute approximate surface area is 128 Å².